The molecular formula is C12H12N4OS2. The molecule has 0 N–H and O–H groups in total. The summed E-state index contributed by atoms with van der Waals surface area (Å²) in [4.78, 5) is 22.7. The van der Waals surface area contributed by atoms with Gasteiger partial charge in [0.25, 0.3) is 0 Å². The first-order valence-corrected chi connectivity index (χ1v) is 7.51. The lowest BCUT2D eigenvalue weighted by Crippen LogP contribution is -2.29. The van der Waals surface area contributed by atoms with Gasteiger partial charge in [0.1, 0.15) is 16.2 Å². The van der Waals surface area contributed by atoms with Gasteiger partial charge < -0.3 is 4.90 Å². The number of thiophene rings is 1. The van der Waals surface area contributed by atoms with Crippen LogP contribution in [-0.2, 0) is 4.79 Å². The van der Waals surface area contributed by atoms with E-state index in [1.807, 2.05) is 17.5 Å². The highest BCUT2D eigenvalue weighted by Crippen LogP contribution is 2.27. The molecule has 2 aromatic heterocycles. The van der Waals surface area contributed by atoms with Crippen molar-refractivity contribution in [2.24, 2.45) is 0 Å². The highest BCUT2D eigenvalue weighted by molar-refractivity contribution is 8.00. The fraction of sp³-hybridized carbons (Fsp3) is 0.333. The molecule has 98 valence electrons. The van der Waals surface area contributed by atoms with Crippen LogP contribution in [0.5, 0.6) is 0 Å². The summed E-state index contributed by atoms with van der Waals surface area (Å²) < 4.78 is 0. The molecule has 0 atom stereocenters. The highest BCUT2D eigenvalue weighted by Gasteiger charge is 2.11. The first-order valence-electron chi connectivity index (χ1n) is 5.64. The van der Waals surface area contributed by atoms with E-state index in [1.165, 1.54) is 18.1 Å². The van der Waals surface area contributed by atoms with E-state index in [0.29, 0.717) is 18.7 Å². The van der Waals surface area contributed by atoms with Crippen LogP contribution < -0.4 is 0 Å². The zero-order chi connectivity index (χ0) is 13.7. The Morgan fingerprint density at radius 1 is 1.58 bits per heavy atom. The fourth-order valence-electron chi connectivity index (χ4n) is 1.47. The molecule has 2 heterocycles. The van der Waals surface area contributed by atoms with Crippen LogP contribution in [0.1, 0.15) is 6.42 Å². The van der Waals surface area contributed by atoms with Crippen molar-refractivity contribution in [3.63, 3.8) is 0 Å². The van der Waals surface area contributed by atoms with E-state index in [2.05, 4.69) is 9.97 Å². The molecule has 19 heavy (non-hydrogen) atoms. The minimum absolute atomic E-state index is 0.00208. The molecule has 0 saturated carbocycles. The lowest BCUT2D eigenvalue weighted by Gasteiger charge is -2.14. The van der Waals surface area contributed by atoms with Gasteiger partial charge in [0.2, 0.25) is 5.91 Å². The third-order valence-corrected chi connectivity index (χ3v) is 4.35. The van der Waals surface area contributed by atoms with E-state index < -0.39 is 0 Å². The molecule has 0 bridgehead atoms. The van der Waals surface area contributed by atoms with Gasteiger partial charge in [0, 0.05) is 19.0 Å². The monoisotopic (exact) mass is 292 g/mol. The standard InChI is InChI=1S/C12H12N4OS2/c1-16(5-2-4-13)10(17)7-19-12-9-3-6-18-11(9)14-8-15-12/h3,6,8H,2,5,7H2,1H3. The summed E-state index contributed by atoms with van der Waals surface area (Å²) in [6.07, 6.45) is 1.88. The number of nitrogens with zero attached hydrogens (tertiary/aromatic N) is 4. The quantitative estimate of drug-likeness (QED) is 0.624. The molecule has 2 aromatic rings. The van der Waals surface area contributed by atoms with Crippen molar-refractivity contribution in [3.8, 4) is 6.07 Å². The Morgan fingerprint density at radius 2 is 2.42 bits per heavy atom. The number of thioether (sulfide) groups is 1. The molecule has 0 aliphatic carbocycles. The van der Waals surface area contributed by atoms with Crippen LogP contribution in [0.2, 0.25) is 0 Å². The minimum Gasteiger partial charge on any atom is -0.344 e. The maximum Gasteiger partial charge on any atom is 0.232 e. The molecule has 0 aliphatic heterocycles. The van der Waals surface area contributed by atoms with Crippen molar-refractivity contribution < 1.29 is 4.79 Å². The maximum absolute atomic E-state index is 11.9. The van der Waals surface area contributed by atoms with Crippen LogP contribution >= 0.6 is 23.1 Å². The van der Waals surface area contributed by atoms with Gasteiger partial charge in [0.15, 0.2) is 0 Å². The first kappa shape index (κ1) is 13.8. The molecule has 0 fully saturated rings. The SMILES string of the molecule is CN(CCC#N)C(=O)CSc1ncnc2sccc12. The van der Waals surface area contributed by atoms with E-state index in [1.54, 1.807) is 23.3 Å². The number of hydrogen-bond donors (Lipinski definition) is 0. The third kappa shape index (κ3) is 3.43. The van der Waals surface area contributed by atoms with Crippen LogP contribution in [0.25, 0.3) is 10.2 Å². The normalized spacial score (nSPS) is 10.3. The largest absolute Gasteiger partial charge is 0.344 e. The molecule has 0 unspecified atom stereocenters. The molecule has 0 aliphatic rings. The Morgan fingerprint density at radius 3 is 3.21 bits per heavy atom. The molecular weight excluding hydrogens is 280 g/mol. The number of carbonyl (C=O) groups is 1. The maximum atomic E-state index is 11.9. The second kappa shape index (κ2) is 6.50. The van der Waals surface area contributed by atoms with E-state index in [0.717, 1.165) is 15.2 Å². The van der Waals surface area contributed by atoms with Crippen molar-refractivity contribution in [2.75, 3.05) is 19.3 Å². The van der Waals surface area contributed by atoms with Gasteiger partial charge in [-0.05, 0) is 11.4 Å². The number of aromatic nitrogens is 2. The molecule has 0 aromatic carbocycles. The number of nitriles is 1. The Bertz CT molecular complexity index is 619. The number of amides is 1. The summed E-state index contributed by atoms with van der Waals surface area (Å²) in [5.41, 5.74) is 0. The molecule has 7 heteroatoms. The Labute approximate surface area is 119 Å². The summed E-state index contributed by atoms with van der Waals surface area (Å²) in [6, 6.07) is 3.99. The number of fused-ring (bicyclic) bond motifs is 1. The zero-order valence-electron chi connectivity index (χ0n) is 10.4. The predicted octanol–water partition coefficient (Wildman–Crippen LogP) is 2.16. The Hall–Kier alpha value is -1.65. The van der Waals surface area contributed by atoms with Crippen molar-refractivity contribution in [3.05, 3.63) is 17.8 Å². The van der Waals surface area contributed by atoms with Gasteiger partial charge in [-0.3, -0.25) is 4.79 Å². The fourth-order valence-corrected chi connectivity index (χ4v) is 3.18. The van der Waals surface area contributed by atoms with Gasteiger partial charge in [0.05, 0.1) is 18.2 Å². The first-order chi connectivity index (χ1) is 9.22. The van der Waals surface area contributed by atoms with Gasteiger partial charge in [-0.15, -0.1) is 11.3 Å². The molecule has 0 saturated heterocycles. The number of hydrogen-bond acceptors (Lipinski definition) is 6. The van der Waals surface area contributed by atoms with Gasteiger partial charge >= 0.3 is 0 Å². The van der Waals surface area contributed by atoms with Gasteiger partial charge in [-0.2, -0.15) is 5.26 Å². The summed E-state index contributed by atoms with van der Waals surface area (Å²) in [6.45, 7) is 0.466. The lowest BCUT2D eigenvalue weighted by molar-refractivity contribution is -0.127. The number of carbonyl (C=O) groups excluding carboxylic acids is 1. The summed E-state index contributed by atoms with van der Waals surface area (Å²) in [5, 5.41) is 12.3. The topological polar surface area (TPSA) is 69.9 Å². The summed E-state index contributed by atoms with van der Waals surface area (Å²) >= 11 is 2.96. The molecule has 2 rings (SSSR count). The Balaban J connectivity index is 1.97. The van der Waals surface area contributed by atoms with Crippen LogP contribution in [0.3, 0.4) is 0 Å². The molecule has 1 amide bonds. The second-order valence-electron chi connectivity index (χ2n) is 3.83. The average molecular weight is 292 g/mol. The van der Waals surface area contributed by atoms with E-state index in [4.69, 9.17) is 5.26 Å². The second-order valence-corrected chi connectivity index (χ2v) is 5.69. The van der Waals surface area contributed by atoms with Crippen molar-refractivity contribution in [1.82, 2.24) is 14.9 Å². The van der Waals surface area contributed by atoms with E-state index >= 15 is 0 Å². The van der Waals surface area contributed by atoms with Crippen molar-refractivity contribution >= 4 is 39.2 Å². The third-order valence-electron chi connectivity index (χ3n) is 2.54. The van der Waals surface area contributed by atoms with Gasteiger partial charge in [-0.1, -0.05) is 11.8 Å². The van der Waals surface area contributed by atoms with Crippen LogP contribution in [0.4, 0.5) is 0 Å². The lowest BCUT2D eigenvalue weighted by atomic mass is 10.4. The minimum atomic E-state index is 0.00208. The average Bonchev–Trinajstić information content (AvgIpc) is 2.90. The van der Waals surface area contributed by atoms with Crippen LogP contribution in [-0.4, -0.2) is 40.1 Å². The molecule has 0 radical (unpaired) electrons. The van der Waals surface area contributed by atoms with E-state index in [-0.39, 0.29) is 5.91 Å². The molecule has 5 nitrogen and oxygen atoms in total. The predicted molar refractivity (Wildman–Crippen MR) is 76.0 cm³/mol. The van der Waals surface area contributed by atoms with Crippen molar-refractivity contribution in [1.29, 1.82) is 5.26 Å². The smallest absolute Gasteiger partial charge is 0.232 e. The summed E-state index contributed by atoms with van der Waals surface area (Å²) in [7, 11) is 1.71. The summed E-state index contributed by atoms with van der Waals surface area (Å²) in [5.74, 6) is 0.325. The Kier molecular flexibility index (Phi) is 4.71. The molecule has 0 spiro atoms. The van der Waals surface area contributed by atoms with Gasteiger partial charge in [-0.25, -0.2) is 9.97 Å². The highest BCUT2D eigenvalue weighted by atomic mass is 32.2. The number of rotatable bonds is 5. The van der Waals surface area contributed by atoms with Crippen LogP contribution in [0, 0.1) is 11.3 Å². The van der Waals surface area contributed by atoms with Crippen molar-refractivity contribution in [2.45, 2.75) is 11.4 Å². The van der Waals surface area contributed by atoms with Crippen LogP contribution in [0.15, 0.2) is 22.8 Å². The van der Waals surface area contributed by atoms with E-state index in [9.17, 15) is 4.79 Å². The zero-order valence-corrected chi connectivity index (χ0v) is 12.0.